The number of hydrogen-bond donors (Lipinski definition) is 0. The summed E-state index contributed by atoms with van der Waals surface area (Å²) < 4.78 is 5.63. The molecule has 1 aromatic heterocycles. The van der Waals surface area contributed by atoms with Gasteiger partial charge in [-0.1, -0.05) is 24.0 Å². The van der Waals surface area contributed by atoms with Crippen LogP contribution in [0.1, 0.15) is 0 Å². The molecule has 0 saturated carbocycles. The second-order valence-electron chi connectivity index (χ2n) is 3.06. The molecule has 0 aliphatic carbocycles. The Morgan fingerprint density at radius 2 is 1.87 bits per heavy atom. The van der Waals surface area contributed by atoms with Crippen LogP contribution in [-0.4, -0.2) is 20.5 Å². The highest BCUT2D eigenvalue weighted by Gasteiger charge is 2.04. The van der Waals surface area contributed by atoms with Gasteiger partial charge in [0.15, 0.2) is 0 Å². The number of hydrogen-bond acceptors (Lipinski definition) is 2. The molecule has 0 saturated heterocycles. The van der Waals surface area contributed by atoms with Gasteiger partial charge in [0.2, 0.25) is 0 Å². The summed E-state index contributed by atoms with van der Waals surface area (Å²) in [5, 5.41) is 0. The number of nitrogens with zero attached hydrogens (tertiary/aromatic N) is 1. The Labute approximate surface area is 96.0 Å². The van der Waals surface area contributed by atoms with Crippen LogP contribution in [0.3, 0.4) is 0 Å². The maximum Gasteiger partial charge on any atom is 0.519 e. The van der Waals surface area contributed by atoms with Gasteiger partial charge < -0.3 is 3.79 Å². The Balaban J connectivity index is 2.43. The smallest absolute Gasteiger partial charge is 0.519 e. The van der Waals surface area contributed by atoms with Crippen LogP contribution in [0.2, 0.25) is 5.79 Å². The lowest BCUT2D eigenvalue weighted by atomic mass is 10.1. The summed E-state index contributed by atoms with van der Waals surface area (Å²) in [6, 6.07) is 13.9. The van der Waals surface area contributed by atoms with E-state index in [2.05, 4.69) is 10.8 Å². The van der Waals surface area contributed by atoms with Gasteiger partial charge in [0.25, 0.3) is 0 Å². The van der Waals surface area contributed by atoms with Gasteiger partial charge in [-0.3, -0.25) is 4.98 Å². The van der Waals surface area contributed by atoms with Gasteiger partial charge in [-0.25, -0.2) is 0 Å². The van der Waals surface area contributed by atoms with E-state index in [0.29, 0.717) is 0 Å². The highest BCUT2D eigenvalue weighted by molar-refractivity contribution is 6.26. The van der Waals surface area contributed by atoms with Crippen molar-refractivity contribution in [2.45, 2.75) is 5.79 Å². The molecule has 0 N–H and O–H groups in total. The minimum absolute atomic E-state index is 0.00519. The summed E-state index contributed by atoms with van der Waals surface area (Å²) in [5.41, 5.74) is 2.02. The first kappa shape index (κ1) is 10.2. The molecular formula is C12H11AlNO. The van der Waals surface area contributed by atoms with E-state index in [0.717, 1.165) is 17.0 Å². The Morgan fingerprint density at radius 1 is 1.07 bits per heavy atom. The van der Waals surface area contributed by atoms with Gasteiger partial charge in [-0.15, -0.1) is 0 Å². The summed E-state index contributed by atoms with van der Waals surface area (Å²) in [6.07, 6.45) is 1.80. The first-order chi connectivity index (χ1) is 7.42. The first-order valence-electron chi connectivity index (χ1n) is 4.87. The lowest BCUT2D eigenvalue weighted by molar-refractivity contribution is 0.602. The molecule has 1 aromatic carbocycles. The molecule has 1 heterocycles. The summed E-state index contributed by atoms with van der Waals surface area (Å²) in [4.78, 5) is 4.32. The molecule has 15 heavy (non-hydrogen) atoms. The summed E-state index contributed by atoms with van der Waals surface area (Å²) in [7, 11) is 0. The first-order valence-corrected chi connectivity index (χ1v) is 6.49. The molecule has 0 atom stereocenters. The zero-order valence-electron chi connectivity index (χ0n) is 8.55. The molecule has 1 radical (unpaired) electrons. The Bertz CT molecular complexity index is 431. The van der Waals surface area contributed by atoms with Gasteiger partial charge >= 0.3 is 15.6 Å². The summed E-state index contributed by atoms with van der Waals surface area (Å²) >= 11 is 0.00519. The van der Waals surface area contributed by atoms with Crippen molar-refractivity contribution in [3.63, 3.8) is 0 Å². The van der Waals surface area contributed by atoms with Crippen LogP contribution in [0.15, 0.2) is 48.7 Å². The van der Waals surface area contributed by atoms with Crippen LogP contribution in [0, 0.1) is 0 Å². The number of para-hydroxylation sites is 1. The van der Waals surface area contributed by atoms with Crippen LogP contribution >= 0.6 is 0 Å². The van der Waals surface area contributed by atoms with Gasteiger partial charge in [0.05, 0.1) is 11.4 Å². The van der Waals surface area contributed by atoms with E-state index in [1.54, 1.807) is 6.20 Å². The van der Waals surface area contributed by atoms with Crippen LogP contribution in [-0.2, 0) is 0 Å². The standard InChI is InChI=1S/C11H9NO.CH3.Al/c13-11-7-2-1-5-9(11)10-6-3-4-8-12-10;;/h1-8,13H;1H3;/q;;+1/p-1. The SMILES string of the molecule is [CH3][Al][O]c1ccccc1-c1ccccn1. The molecule has 3 heteroatoms. The lowest BCUT2D eigenvalue weighted by Gasteiger charge is -2.10. The monoisotopic (exact) mass is 212 g/mol. The van der Waals surface area contributed by atoms with Crippen molar-refractivity contribution in [3.05, 3.63) is 48.7 Å². The molecule has 73 valence electrons. The molecule has 0 fully saturated rings. The number of benzene rings is 1. The molecule has 0 spiro atoms. The van der Waals surface area contributed by atoms with Crippen LogP contribution in [0.5, 0.6) is 5.75 Å². The van der Waals surface area contributed by atoms with Gasteiger partial charge in [0.1, 0.15) is 0 Å². The summed E-state index contributed by atoms with van der Waals surface area (Å²) in [6.45, 7) is 0. The maximum atomic E-state index is 5.63. The average Bonchev–Trinajstić information content (AvgIpc) is 2.31. The predicted octanol–water partition coefficient (Wildman–Crippen LogP) is 2.79. The van der Waals surface area contributed by atoms with Crippen molar-refractivity contribution in [1.82, 2.24) is 4.98 Å². The highest BCUT2D eigenvalue weighted by atomic mass is 27.1. The van der Waals surface area contributed by atoms with Crippen molar-refractivity contribution < 1.29 is 3.79 Å². The Hall–Kier alpha value is -1.30. The fourth-order valence-corrected chi connectivity index (χ4v) is 1.89. The van der Waals surface area contributed by atoms with Crippen LogP contribution in [0.4, 0.5) is 0 Å². The molecule has 0 aliphatic rings. The second-order valence-corrected chi connectivity index (χ2v) is 3.77. The maximum absolute atomic E-state index is 5.63. The van der Waals surface area contributed by atoms with Crippen molar-refractivity contribution >= 4 is 15.6 Å². The number of pyridine rings is 1. The topological polar surface area (TPSA) is 22.1 Å². The molecule has 2 rings (SSSR count). The molecule has 0 unspecified atom stereocenters. The van der Waals surface area contributed by atoms with E-state index >= 15 is 0 Å². The Kier molecular flexibility index (Phi) is 3.39. The van der Waals surface area contributed by atoms with Gasteiger partial charge in [-0.05, 0) is 24.3 Å². The molecule has 2 nitrogen and oxygen atoms in total. The van der Waals surface area contributed by atoms with Gasteiger partial charge in [-0.2, -0.15) is 0 Å². The van der Waals surface area contributed by atoms with Crippen molar-refractivity contribution in [1.29, 1.82) is 0 Å². The van der Waals surface area contributed by atoms with Crippen molar-refractivity contribution in [3.8, 4) is 17.0 Å². The quantitative estimate of drug-likeness (QED) is 0.730. The van der Waals surface area contributed by atoms with Crippen LogP contribution in [0.25, 0.3) is 11.3 Å². The molecular weight excluding hydrogens is 201 g/mol. The van der Waals surface area contributed by atoms with E-state index in [1.165, 1.54) is 0 Å². The second kappa shape index (κ2) is 4.97. The molecule has 2 aromatic rings. The number of rotatable bonds is 3. The fraction of sp³-hybridized carbons (Fsp3) is 0.0833. The van der Waals surface area contributed by atoms with Gasteiger partial charge in [0, 0.05) is 11.8 Å². The van der Waals surface area contributed by atoms with E-state index in [4.69, 9.17) is 3.79 Å². The summed E-state index contributed by atoms with van der Waals surface area (Å²) in [5.74, 6) is 2.99. The minimum atomic E-state index is 0.00519. The molecule has 0 amide bonds. The third kappa shape index (κ3) is 2.38. The highest BCUT2D eigenvalue weighted by Crippen LogP contribution is 2.27. The molecule has 0 bridgehead atoms. The minimum Gasteiger partial charge on any atom is -0.647 e. The van der Waals surface area contributed by atoms with Crippen molar-refractivity contribution in [2.24, 2.45) is 0 Å². The Morgan fingerprint density at radius 3 is 2.60 bits per heavy atom. The van der Waals surface area contributed by atoms with Crippen LogP contribution < -0.4 is 3.79 Å². The van der Waals surface area contributed by atoms with E-state index in [-0.39, 0.29) is 15.6 Å². The average molecular weight is 212 g/mol. The molecule has 0 aliphatic heterocycles. The lowest BCUT2D eigenvalue weighted by Crippen LogP contribution is -1.97. The fourth-order valence-electron chi connectivity index (χ4n) is 1.43. The predicted molar refractivity (Wildman–Crippen MR) is 61.9 cm³/mol. The van der Waals surface area contributed by atoms with E-state index < -0.39 is 0 Å². The zero-order chi connectivity index (χ0) is 10.5. The largest absolute Gasteiger partial charge is 0.647 e. The number of aromatic nitrogens is 1. The zero-order valence-corrected chi connectivity index (χ0v) is 9.71. The normalized spacial score (nSPS) is 9.67. The van der Waals surface area contributed by atoms with E-state index in [1.807, 2.05) is 42.5 Å². The van der Waals surface area contributed by atoms with E-state index in [9.17, 15) is 0 Å². The third-order valence-electron chi connectivity index (χ3n) is 2.07. The third-order valence-corrected chi connectivity index (χ3v) is 2.56. The van der Waals surface area contributed by atoms with Crippen molar-refractivity contribution in [2.75, 3.05) is 0 Å².